The highest BCUT2D eigenvalue weighted by Gasteiger charge is 2.33. The fourth-order valence-electron chi connectivity index (χ4n) is 6.67. The maximum absolute atomic E-state index is 15.8. The lowest BCUT2D eigenvalue weighted by Crippen LogP contribution is -2.53. The minimum absolute atomic E-state index is 0.00870. The zero-order valence-corrected chi connectivity index (χ0v) is 27.4. The third kappa shape index (κ3) is 7.12. The highest BCUT2D eigenvalue weighted by atomic mass is 19.1. The average molecular weight is 651 g/mol. The van der Waals surface area contributed by atoms with Gasteiger partial charge in [-0.05, 0) is 73.7 Å². The van der Waals surface area contributed by atoms with E-state index in [4.69, 9.17) is 24.4 Å². The number of likely N-dealkylation sites (tertiary alicyclic amines) is 1. The maximum Gasteiger partial charge on any atom is 0.167 e. The standard InChI is InChI=1S/C39H43FN4O4/c1-2-17-43-23-32(24-43)48-37-16-13-30(20-33(37)40)44-35-19-29(22-41)34(42-39-10-6-7-18-45-39)21-38(35)47-26-36(44)28-11-14-31(15-12-28)46-25-27-8-4-3-5-9-27/h3-5,8-9,11-16,19-22,32,36,39,41-42H,2,6-7,10,17-18,23-26H2,1H3/t36-,39?/m0/s1. The van der Waals surface area contributed by atoms with Crippen molar-refractivity contribution >= 4 is 23.3 Å². The summed E-state index contributed by atoms with van der Waals surface area (Å²) in [4.78, 5) is 4.42. The van der Waals surface area contributed by atoms with Crippen LogP contribution < -0.4 is 24.4 Å². The number of halogens is 1. The molecule has 4 aromatic rings. The van der Waals surface area contributed by atoms with Gasteiger partial charge < -0.3 is 34.6 Å². The van der Waals surface area contributed by atoms with Crippen LogP contribution >= 0.6 is 0 Å². The molecule has 0 aromatic heterocycles. The number of rotatable bonds is 12. The van der Waals surface area contributed by atoms with Crippen molar-refractivity contribution in [3.8, 4) is 17.2 Å². The molecule has 2 N–H and O–H groups in total. The van der Waals surface area contributed by atoms with Gasteiger partial charge in [0.25, 0.3) is 0 Å². The predicted octanol–water partition coefficient (Wildman–Crippen LogP) is 8.09. The summed E-state index contributed by atoms with van der Waals surface area (Å²) in [5.41, 5.74) is 5.00. The van der Waals surface area contributed by atoms with Crippen LogP contribution in [-0.4, -0.2) is 56.3 Å². The van der Waals surface area contributed by atoms with Gasteiger partial charge in [0, 0.05) is 55.0 Å². The molecule has 0 spiro atoms. The lowest BCUT2D eigenvalue weighted by atomic mass is 10.00. The smallest absolute Gasteiger partial charge is 0.167 e. The number of anilines is 3. The van der Waals surface area contributed by atoms with Crippen molar-refractivity contribution in [1.82, 2.24) is 4.90 Å². The fourth-order valence-corrected chi connectivity index (χ4v) is 6.67. The highest BCUT2D eigenvalue weighted by Crippen LogP contribution is 2.47. The van der Waals surface area contributed by atoms with E-state index in [1.54, 1.807) is 12.1 Å². The minimum atomic E-state index is -0.405. The minimum Gasteiger partial charge on any atom is -0.489 e. The topological polar surface area (TPSA) is 79.3 Å². The fraction of sp³-hybridized carbons (Fsp3) is 0.359. The molecule has 0 bridgehead atoms. The van der Waals surface area contributed by atoms with Gasteiger partial charge in [-0.3, -0.25) is 4.90 Å². The zero-order valence-electron chi connectivity index (χ0n) is 27.4. The van der Waals surface area contributed by atoms with Crippen LogP contribution in [0.2, 0.25) is 0 Å². The van der Waals surface area contributed by atoms with E-state index >= 15 is 4.39 Å². The quantitative estimate of drug-likeness (QED) is 0.150. The Morgan fingerprint density at radius 2 is 1.83 bits per heavy atom. The second-order valence-electron chi connectivity index (χ2n) is 12.7. The highest BCUT2D eigenvalue weighted by molar-refractivity contribution is 5.91. The predicted molar refractivity (Wildman–Crippen MR) is 187 cm³/mol. The molecular weight excluding hydrogens is 607 g/mol. The first-order valence-corrected chi connectivity index (χ1v) is 17.0. The summed E-state index contributed by atoms with van der Waals surface area (Å²) >= 11 is 0. The van der Waals surface area contributed by atoms with E-state index in [0.29, 0.717) is 36.8 Å². The summed E-state index contributed by atoms with van der Waals surface area (Å²) in [6.07, 6.45) is 5.35. The monoisotopic (exact) mass is 650 g/mol. The van der Waals surface area contributed by atoms with E-state index in [1.165, 1.54) is 6.21 Å². The number of ether oxygens (including phenoxy) is 4. The Hall–Kier alpha value is -4.60. The first-order chi connectivity index (χ1) is 23.6. The van der Waals surface area contributed by atoms with Crippen LogP contribution in [-0.2, 0) is 11.3 Å². The average Bonchev–Trinajstić information content (AvgIpc) is 3.11. The number of hydrogen-bond donors (Lipinski definition) is 2. The van der Waals surface area contributed by atoms with Crippen molar-refractivity contribution < 1.29 is 23.3 Å². The summed E-state index contributed by atoms with van der Waals surface area (Å²) in [5.74, 6) is 1.28. The summed E-state index contributed by atoms with van der Waals surface area (Å²) in [5, 5.41) is 11.7. The van der Waals surface area contributed by atoms with E-state index in [2.05, 4.69) is 22.0 Å². The molecule has 48 heavy (non-hydrogen) atoms. The molecule has 1 unspecified atom stereocenters. The van der Waals surface area contributed by atoms with Crippen molar-refractivity contribution in [3.05, 3.63) is 107 Å². The van der Waals surface area contributed by atoms with Crippen molar-refractivity contribution in [2.45, 2.75) is 57.6 Å². The van der Waals surface area contributed by atoms with Gasteiger partial charge in [0.05, 0.1) is 11.7 Å². The van der Waals surface area contributed by atoms with Crippen molar-refractivity contribution in [2.24, 2.45) is 0 Å². The number of nitrogens with one attached hydrogen (secondary N) is 2. The molecule has 3 aliphatic heterocycles. The molecule has 8 nitrogen and oxygen atoms in total. The van der Waals surface area contributed by atoms with Crippen LogP contribution in [0.25, 0.3) is 0 Å². The second-order valence-corrected chi connectivity index (χ2v) is 12.7. The molecule has 7 rings (SSSR count). The molecule has 0 amide bonds. The first kappa shape index (κ1) is 32.0. The van der Waals surface area contributed by atoms with Crippen molar-refractivity contribution in [3.63, 3.8) is 0 Å². The van der Waals surface area contributed by atoms with E-state index < -0.39 is 5.82 Å². The lowest BCUT2D eigenvalue weighted by molar-refractivity contribution is 0.0179. The lowest BCUT2D eigenvalue weighted by Gasteiger charge is -2.40. The normalized spacial score (nSPS) is 19.5. The SMILES string of the molecule is CCCN1CC(Oc2ccc(N3c4cc(C=N)c(NC5CCCCO5)cc4OC[C@H]3c3ccc(OCc4ccccc4)cc3)cc2F)C1. The third-order valence-electron chi connectivity index (χ3n) is 9.21. The van der Waals surface area contributed by atoms with Gasteiger partial charge in [0.15, 0.2) is 11.6 Å². The van der Waals surface area contributed by atoms with Crippen LogP contribution in [0.5, 0.6) is 17.2 Å². The Labute approximate surface area is 281 Å². The van der Waals surface area contributed by atoms with Crippen LogP contribution in [0.4, 0.5) is 21.5 Å². The van der Waals surface area contributed by atoms with E-state index in [1.807, 2.05) is 72.8 Å². The van der Waals surface area contributed by atoms with Crippen LogP contribution in [0, 0.1) is 11.2 Å². The van der Waals surface area contributed by atoms with Gasteiger partial charge in [-0.1, -0.05) is 49.4 Å². The van der Waals surface area contributed by atoms with Gasteiger partial charge in [0.1, 0.15) is 37.0 Å². The summed E-state index contributed by atoms with van der Waals surface area (Å²) < 4.78 is 40.2. The molecule has 250 valence electrons. The molecule has 3 aliphatic rings. The van der Waals surface area contributed by atoms with Gasteiger partial charge in [0.2, 0.25) is 0 Å². The largest absolute Gasteiger partial charge is 0.489 e. The number of fused-ring (bicyclic) bond motifs is 1. The van der Waals surface area contributed by atoms with Gasteiger partial charge >= 0.3 is 0 Å². The molecular formula is C39H43FN4O4. The summed E-state index contributed by atoms with van der Waals surface area (Å²) in [6.45, 7) is 6.35. The number of nitrogens with zero attached hydrogens (tertiary/aromatic N) is 2. The molecule has 9 heteroatoms. The molecule has 2 saturated heterocycles. The van der Waals surface area contributed by atoms with E-state index in [-0.39, 0.29) is 24.1 Å². The Morgan fingerprint density at radius 3 is 2.56 bits per heavy atom. The summed E-state index contributed by atoms with van der Waals surface area (Å²) in [7, 11) is 0. The van der Waals surface area contributed by atoms with Crippen molar-refractivity contribution in [2.75, 3.05) is 43.1 Å². The molecule has 2 atom stereocenters. The Balaban J connectivity index is 1.18. The molecule has 2 fully saturated rings. The van der Waals surface area contributed by atoms with E-state index in [0.717, 1.165) is 73.6 Å². The number of benzene rings is 4. The Morgan fingerprint density at radius 1 is 1.00 bits per heavy atom. The summed E-state index contributed by atoms with van der Waals surface area (Å²) in [6, 6.07) is 26.9. The van der Waals surface area contributed by atoms with E-state index in [9.17, 15) is 0 Å². The zero-order chi connectivity index (χ0) is 32.9. The van der Waals surface area contributed by atoms with Gasteiger partial charge in [-0.15, -0.1) is 0 Å². The molecule has 0 aliphatic carbocycles. The van der Waals surface area contributed by atoms with Crippen LogP contribution in [0.1, 0.15) is 55.3 Å². The molecule has 4 aromatic carbocycles. The maximum atomic E-state index is 15.8. The second kappa shape index (κ2) is 14.7. The number of hydrogen-bond acceptors (Lipinski definition) is 8. The Kier molecular flexibility index (Phi) is 9.77. The van der Waals surface area contributed by atoms with Crippen molar-refractivity contribution in [1.29, 1.82) is 5.41 Å². The third-order valence-corrected chi connectivity index (χ3v) is 9.21. The molecule has 0 saturated carbocycles. The first-order valence-electron chi connectivity index (χ1n) is 17.0. The van der Waals surface area contributed by atoms with Crippen LogP contribution in [0.3, 0.4) is 0 Å². The van der Waals surface area contributed by atoms with Crippen LogP contribution in [0.15, 0.2) is 84.9 Å². The van der Waals surface area contributed by atoms with Gasteiger partial charge in [-0.25, -0.2) is 4.39 Å². The van der Waals surface area contributed by atoms with Gasteiger partial charge in [-0.2, -0.15) is 0 Å². The molecule has 0 radical (unpaired) electrons. The molecule has 3 heterocycles. The Bertz CT molecular complexity index is 1690.